The molecule has 0 amide bonds. The summed E-state index contributed by atoms with van der Waals surface area (Å²) in [4.78, 5) is 0. The Kier molecular flexibility index (Phi) is 6.43. The standard InChI is InChI=1S/C63H41N/c1-61(2)49-23-9-5-19-41(49)45-34-32-39(35-57(45)61)64-59-37-47-44-22-8-12-26-52(44)63(58(47)36-48(59)46-33-31-38-17-3-4-18-40(38)60(46)64)55-29-15-13-27-53(55)62(54-28-14-16-30-56(54)63)50-24-10-6-20-42(50)43-21-7-11-25-51(43)62/h3-37H,1-2H3. The number of hydrogen-bond acceptors (Lipinski definition) is 0. The van der Waals surface area contributed by atoms with Gasteiger partial charge in [0.2, 0.25) is 0 Å². The maximum atomic E-state index is 2.60. The monoisotopic (exact) mass is 811 g/mol. The molecule has 10 aromatic carbocycles. The van der Waals surface area contributed by atoms with Gasteiger partial charge in [0.05, 0.1) is 21.9 Å². The molecule has 0 aliphatic heterocycles. The van der Waals surface area contributed by atoms with Gasteiger partial charge in [0.15, 0.2) is 0 Å². The van der Waals surface area contributed by atoms with Crippen molar-refractivity contribution in [3.63, 3.8) is 0 Å². The summed E-state index contributed by atoms with van der Waals surface area (Å²) in [6, 6.07) is 81.5. The van der Waals surface area contributed by atoms with Crippen LogP contribution in [0.5, 0.6) is 0 Å². The van der Waals surface area contributed by atoms with Crippen LogP contribution >= 0.6 is 0 Å². The molecule has 2 spiro atoms. The van der Waals surface area contributed by atoms with Gasteiger partial charge in [0, 0.05) is 27.3 Å². The zero-order valence-electron chi connectivity index (χ0n) is 35.7. The minimum absolute atomic E-state index is 0.116. The van der Waals surface area contributed by atoms with Crippen LogP contribution in [0, 0.1) is 0 Å². The fraction of sp³-hybridized carbons (Fsp3) is 0.0794. The van der Waals surface area contributed by atoms with Gasteiger partial charge in [0.25, 0.3) is 0 Å². The minimum atomic E-state index is -0.556. The van der Waals surface area contributed by atoms with Gasteiger partial charge >= 0.3 is 0 Å². The van der Waals surface area contributed by atoms with Crippen LogP contribution in [-0.2, 0) is 16.2 Å². The van der Waals surface area contributed by atoms with Crippen molar-refractivity contribution in [1.29, 1.82) is 0 Å². The Morgan fingerprint density at radius 3 is 1.34 bits per heavy atom. The van der Waals surface area contributed by atoms with Gasteiger partial charge in [-0.05, 0) is 119 Å². The highest BCUT2D eigenvalue weighted by atomic mass is 15.0. The first kappa shape index (κ1) is 34.8. The molecule has 0 atom stereocenters. The molecule has 0 bridgehead atoms. The van der Waals surface area contributed by atoms with Gasteiger partial charge < -0.3 is 4.57 Å². The molecule has 0 unspecified atom stereocenters. The van der Waals surface area contributed by atoms with E-state index in [4.69, 9.17) is 0 Å². The quantitative estimate of drug-likeness (QED) is 0.156. The van der Waals surface area contributed by atoms with Crippen LogP contribution < -0.4 is 0 Å². The van der Waals surface area contributed by atoms with Gasteiger partial charge in [0.1, 0.15) is 0 Å². The lowest BCUT2D eigenvalue weighted by atomic mass is 9.52. The molecule has 0 saturated heterocycles. The average molecular weight is 812 g/mol. The first-order valence-corrected chi connectivity index (χ1v) is 22.8. The third-order valence-corrected chi connectivity index (χ3v) is 16.1. The van der Waals surface area contributed by atoms with Gasteiger partial charge in [-0.15, -0.1) is 0 Å². The summed E-state index contributed by atoms with van der Waals surface area (Å²) in [5, 5.41) is 5.07. The van der Waals surface area contributed by atoms with E-state index >= 15 is 0 Å². The number of nitrogens with zero attached hydrogens (tertiary/aromatic N) is 1. The molecule has 1 heteroatoms. The smallest absolute Gasteiger partial charge is 0.0720 e. The first-order valence-electron chi connectivity index (χ1n) is 22.8. The van der Waals surface area contributed by atoms with E-state index in [0.717, 1.165) is 0 Å². The fourth-order valence-corrected chi connectivity index (χ4v) is 13.6. The molecule has 0 N–H and O–H groups in total. The highest BCUT2D eigenvalue weighted by Crippen LogP contribution is 2.68. The summed E-state index contributed by atoms with van der Waals surface area (Å²) < 4.78 is 2.59. The number of hydrogen-bond donors (Lipinski definition) is 0. The second-order valence-electron chi connectivity index (χ2n) is 19.1. The molecule has 0 fully saturated rings. The van der Waals surface area contributed by atoms with Crippen molar-refractivity contribution >= 4 is 32.6 Å². The van der Waals surface area contributed by atoms with Gasteiger partial charge in [-0.1, -0.05) is 202 Å². The predicted molar refractivity (Wildman–Crippen MR) is 264 cm³/mol. The Morgan fingerprint density at radius 2 is 0.750 bits per heavy atom. The maximum absolute atomic E-state index is 2.60. The fourth-order valence-electron chi connectivity index (χ4n) is 13.6. The Balaban J connectivity index is 1.08. The van der Waals surface area contributed by atoms with Crippen molar-refractivity contribution in [2.75, 3.05) is 0 Å². The molecule has 4 aliphatic rings. The summed E-state index contributed by atoms with van der Waals surface area (Å²) in [6.07, 6.45) is 0. The predicted octanol–water partition coefficient (Wildman–Crippen LogP) is 15.3. The van der Waals surface area contributed by atoms with E-state index in [9.17, 15) is 0 Å². The van der Waals surface area contributed by atoms with E-state index in [1.807, 2.05) is 0 Å². The zero-order chi connectivity index (χ0) is 42.1. The van der Waals surface area contributed by atoms with Crippen LogP contribution in [0.25, 0.3) is 71.6 Å². The van der Waals surface area contributed by atoms with Gasteiger partial charge in [-0.2, -0.15) is 0 Å². The Morgan fingerprint density at radius 1 is 0.297 bits per heavy atom. The van der Waals surface area contributed by atoms with Crippen molar-refractivity contribution in [2.24, 2.45) is 0 Å². The zero-order valence-corrected chi connectivity index (χ0v) is 35.7. The Bertz CT molecular complexity index is 3800. The normalized spacial score (nSPS) is 15.7. The number of benzene rings is 10. The van der Waals surface area contributed by atoms with Crippen LogP contribution in [0.15, 0.2) is 212 Å². The topological polar surface area (TPSA) is 4.93 Å². The minimum Gasteiger partial charge on any atom is -0.309 e. The second-order valence-corrected chi connectivity index (χ2v) is 19.1. The summed E-state index contributed by atoms with van der Waals surface area (Å²) in [7, 11) is 0. The van der Waals surface area contributed by atoms with Crippen molar-refractivity contribution in [3.05, 3.63) is 268 Å². The molecule has 64 heavy (non-hydrogen) atoms. The summed E-state index contributed by atoms with van der Waals surface area (Å²) in [6.45, 7) is 4.78. The molecule has 0 radical (unpaired) electrons. The molecule has 1 aromatic heterocycles. The molecule has 11 aromatic rings. The Labute approximate surface area is 372 Å². The lowest BCUT2D eigenvalue weighted by molar-refractivity contribution is 0.633. The number of fused-ring (bicyclic) bond motifs is 24. The van der Waals surface area contributed by atoms with Crippen LogP contribution in [0.4, 0.5) is 0 Å². The first-order chi connectivity index (χ1) is 31.5. The summed E-state index contributed by atoms with van der Waals surface area (Å²) >= 11 is 0. The average Bonchev–Trinajstić information content (AvgIpc) is 4.01. The third kappa shape index (κ3) is 3.88. The highest BCUT2D eigenvalue weighted by molar-refractivity contribution is 6.20. The molecule has 15 rings (SSSR count). The van der Waals surface area contributed by atoms with E-state index < -0.39 is 10.8 Å². The van der Waals surface area contributed by atoms with Gasteiger partial charge in [-0.25, -0.2) is 0 Å². The van der Waals surface area contributed by atoms with Crippen LogP contribution in [-0.4, -0.2) is 4.57 Å². The van der Waals surface area contributed by atoms with Gasteiger partial charge in [-0.3, -0.25) is 0 Å². The third-order valence-electron chi connectivity index (χ3n) is 16.1. The lowest BCUT2D eigenvalue weighted by Gasteiger charge is -2.48. The van der Waals surface area contributed by atoms with E-state index in [0.29, 0.717) is 0 Å². The van der Waals surface area contributed by atoms with E-state index in [-0.39, 0.29) is 5.41 Å². The van der Waals surface area contributed by atoms with Crippen molar-refractivity contribution < 1.29 is 0 Å². The molecule has 1 nitrogen and oxygen atoms in total. The number of rotatable bonds is 1. The van der Waals surface area contributed by atoms with Crippen LogP contribution in [0.3, 0.4) is 0 Å². The maximum Gasteiger partial charge on any atom is 0.0720 e. The molecule has 298 valence electrons. The summed E-state index contributed by atoms with van der Waals surface area (Å²) in [5.74, 6) is 0. The van der Waals surface area contributed by atoms with Crippen LogP contribution in [0.2, 0.25) is 0 Å². The molecule has 4 aliphatic carbocycles. The SMILES string of the molecule is CC1(C)c2ccccc2-c2ccc(-n3c4cc5c(cc4c4ccc6ccccc6c43)C3(c4ccccc4-5)c4ccccc4C4(c5ccccc5-c5ccccc54)c4ccccc43)cc21. The van der Waals surface area contributed by atoms with Crippen molar-refractivity contribution in [3.8, 4) is 39.1 Å². The lowest BCUT2D eigenvalue weighted by Crippen LogP contribution is -2.43. The van der Waals surface area contributed by atoms with E-state index in [1.165, 1.54) is 127 Å². The second kappa shape index (κ2) is 11.8. The number of aromatic nitrogens is 1. The molecule has 0 saturated carbocycles. The molecular formula is C63H41N. The molecule has 1 heterocycles. The molecular weight excluding hydrogens is 771 g/mol. The Hall–Kier alpha value is -7.74. The summed E-state index contributed by atoms with van der Waals surface area (Å²) in [5.41, 5.74) is 24.2. The van der Waals surface area contributed by atoms with Crippen molar-refractivity contribution in [2.45, 2.75) is 30.1 Å². The highest BCUT2D eigenvalue weighted by Gasteiger charge is 2.59. The largest absolute Gasteiger partial charge is 0.309 e. The van der Waals surface area contributed by atoms with Crippen LogP contribution in [0.1, 0.15) is 69.5 Å². The van der Waals surface area contributed by atoms with E-state index in [2.05, 4.69) is 231 Å². The van der Waals surface area contributed by atoms with E-state index in [1.54, 1.807) is 0 Å². The van der Waals surface area contributed by atoms with Crippen molar-refractivity contribution in [1.82, 2.24) is 4.57 Å².